The number of aryl methyl sites for hydroxylation is 2. The average Bonchev–Trinajstić information content (AvgIpc) is 3.01. The maximum atomic E-state index is 13.1. The lowest BCUT2D eigenvalue weighted by Gasteiger charge is -2.18. The fourth-order valence-electron chi connectivity index (χ4n) is 4.80. The maximum Gasteiger partial charge on any atom is 0.326 e. The first-order valence-electron chi connectivity index (χ1n) is 14.6. The second kappa shape index (κ2) is 15.9. The number of ketones is 1. The molecule has 4 aromatic carbocycles. The van der Waals surface area contributed by atoms with Crippen LogP contribution >= 0.6 is 0 Å². The van der Waals surface area contributed by atoms with Crippen molar-refractivity contribution in [2.45, 2.75) is 45.1 Å². The molecule has 0 aromatic heterocycles. The number of hydrogen-bond donors (Lipinski definition) is 3. The van der Waals surface area contributed by atoms with Crippen LogP contribution in [0.1, 0.15) is 51.9 Å². The Kier molecular flexibility index (Phi) is 11.5. The minimum absolute atomic E-state index is 0.0469. The SMILES string of the molecule is Cc1cccc(CCCC(=O)NCCCOc2ccc(C[C@H](Nc3ccccc3C(=O)c3ccccc3)C(=O)O)cc2)c1. The summed E-state index contributed by atoms with van der Waals surface area (Å²) < 4.78 is 5.80. The van der Waals surface area contributed by atoms with Gasteiger partial charge in [-0.1, -0.05) is 84.4 Å². The monoisotopic (exact) mass is 578 g/mol. The van der Waals surface area contributed by atoms with Crippen LogP contribution in [-0.4, -0.2) is 42.0 Å². The molecule has 1 amide bonds. The average molecular weight is 579 g/mol. The largest absolute Gasteiger partial charge is 0.494 e. The van der Waals surface area contributed by atoms with E-state index in [4.69, 9.17) is 4.74 Å². The number of anilines is 1. The molecule has 4 aromatic rings. The Morgan fingerprint density at radius 3 is 2.30 bits per heavy atom. The Balaban J connectivity index is 1.20. The van der Waals surface area contributed by atoms with Gasteiger partial charge in [-0.2, -0.15) is 0 Å². The van der Waals surface area contributed by atoms with Crippen molar-refractivity contribution in [3.05, 3.63) is 131 Å². The van der Waals surface area contributed by atoms with E-state index in [1.807, 2.05) is 36.4 Å². The molecule has 4 rings (SSSR count). The van der Waals surface area contributed by atoms with Gasteiger partial charge in [0.25, 0.3) is 0 Å². The highest BCUT2D eigenvalue weighted by atomic mass is 16.5. The third-order valence-corrected chi connectivity index (χ3v) is 7.06. The van der Waals surface area contributed by atoms with Gasteiger partial charge in [-0.25, -0.2) is 4.79 Å². The van der Waals surface area contributed by atoms with Crippen molar-refractivity contribution in [3.8, 4) is 5.75 Å². The highest BCUT2D eigenvalue weighted by Crippen LogP contribution is 2.22. The van der Waals surface area contributed by atoms with Crippen LogP contribution in [-0.2, 0) is 22.4 Å². The molecule has 0 aliphatic rings. The van der Waals surface area contributed by atoms with Crippen molar-refractivity contribution >= 4 is 23.3 Å². The highest BCUT2D eigenvalue weighted by molar-refractivity contribution is 6.12. The minimum atomic E-state index is -1.01. The molecule has 222 valence electrons. The quantitative estimate of drug-likeness (QED) is 0.107. The summed E-state index contributed by atoms with van der Waals surface area (Å²) in [5, 5.41) is 15.9. The molecule has 0 aliphatic heterocycles. The molecule has 7 heteroatoms. The predicted octanol–water partition coefficient (Wildman–Crippen LogP) is 6.24. The molecule has 0 fully saturated rings. The molecular formula is C36H38N2O5. The molecule has 0 aliphatic carbocycles. The van der Waals surface area contributed by atoms with E-state index in [9.17, 15) is 19.5 Å². The van der Waals surface area contributed by atoms with Crippen LogP contribution < -0.4 is 15.4 Å². The molecular weight excluding hydrogens is 540 g/mol. The van der Waals surface area contributed by atoms with Gasteiger partial charge in [-0.05, 0) is 61.6 Å². The van der Waals surface area contributed by atoms with Gasteiger partial charge in [0.1, 0.15) is 11.8 Å². The van der Waals surface area contributed by atoms with E-state index < -0.39 is 12.0 Å². The smallest absolute Gasteiger partial charge is 0.326 e. The molecule has 0 spiro atoms. The van der Waals surface area contributed by atoms with Gasteiger partial charge in [0.15, 0.2) is 5.78 Å². The van der Waals surface area contributed by atoms with Crippen LogP contribution in [0.3, 0.4) is 0 Å². The third-order valence-electron chi connectivity index (χ3n) is 7.06. The zero-order valence-corrected chi connectivity index (χ0v) is 24.4. The van der Waals surface area contributed by atoms with Gasteiger partial charge in [0, 0.05) is 36.2 Å². The molecule has 43 heavy (non-hydrogen) atoms. The molecule has 0 radical (unpaired) electrons. The van der Waals surface area contributed by atoms with Gasteiger partial charge < -0.3 is 20.5 Å². The van der Waals surface area contributed by atoms with Crippen LogP contribution in [0.5, 0.6) is 5.75 Å². The lowest BCUT2D eigenvalue weighted by atomic mass is 10.00. The normalized spacial score (nSPS) is 11.4. The van der Waals surface area contributed by atoms with Crippen molar-refractivity contribution < 1.29 is 24.2 Å². The zero-order valence-electron chi connectivity index (χ0n) is 24.4. The summed E-state index contributed by atoms with van der Waals surface area (Å²) in [5.74, 6) is -0.468. The maximum absolute atomic E-state index is 13.1. The molecule has 0 unspecified atom stereocenters. The molecule has 0 bridgehead atoms. The molecule has 3 N–H and O–H groups in total. The number of nitrogens with one attached hydrogen (secondary N) is 2. The Hall–Kier alpha value is -4.91. The van der Waals surface area contributed by atoms with Gasteiger partial charge in [0.2, 0.25) is 5.91 Å². The summed E-state index contributed by atoms with van der Waals surface area (Å²) >= 11 is 0. The van der Waals surface area contributed by atoms with E-state index in [1.54, 1.807) is 48.5 Å². The summed E-state index contributed by atoms with van der Waals surface area (Å²) in [6.45, 7) is 3.06. The Morgan fingerprint density at radius 1 is 0.814 bits per heavy atom. The van der Waals surface area contributed by atoms with Crippen molar-refractivity contribution in [1.29, 1.82) is 0 Å². The van der Waals surface area contributed by atoms with Gasteiger partial charge in [-0.15, -0.1) is 0 Å². The summed E-state index contributed by atoms with van der Waals surface area (Å²) in [5.41, 5.74) is 4.73. The first-order valence-corrected chi connectivity index (χ1v) is 14.6. The van der Waals surface area contributed by atoms with Crippen LogP contribution in [0.2, 0.25) is 0 Å². The number of ether oxygens (including phenoxy) is 1. The van der Waals surface area contributed by atoms with Crippen LogP contribution in [0.4, 0.5) is 5.69 Å². The van der Waals surface area contributed by atoms with Crippen LogP contribution in [0.15, 0.2) is 103 Å². The van der Waals surface area contributed by atoms with E-state index in [0.717, 1.165) is 18.4 Å². The van der Waals surface area contributed by atoms with E-state index in [-0.39, 0.29) is 18.1 Å². The minimum Gasteiger partial charge on any atom is -0.494 e. The number of carbonyl (C=O) groups excluding carboxylic acids is 2. The fraction of sp³-hybridized carbons (Fsp3) is 0.250. The van der Waals surface area contributed by atoms with Gasteiger partial charge in [-0.3, -0.25) is 9.59 Å². The number of para-hydroxylation sites is 1. The Bertz CT molecular complexity index is 1500. The Labute approximate surface area is 252 Å². The topological polar surface area (TPSA) is 105 Å². The van der Waals surface area contributed by atoms with E-state index in [2.05, 4.69) is 35.8 Å². The molecule has 1 atom stereocenters. The first-order chi connectivity index (χ1) is 20.9. The number of carboxylic acid groups (broad SMARTS) is 1. The van der Waals surface area contributed by atoms with E-state index in [0.29, 0.717) is 48.6 Å². The molecule has 0 saturated heterocycles. The number of aliphatic carboxylic acids is 1. The third kappa shape index (κ3) is 9.85. The van der Waals surface area contributed by atoms with E-state index >= 15 is 0 Å². The molecule has 7 nitrogen and oxygen atoms in total. The number of carbonyl (C=O) groups is 3. The standard InChI is InChI=1S/C36H38N2O5/c1-26-10-7-11-27(24-26)12-8-17-34(39)37-22-9-23-43-30-20-18-28(19-21-30)25-33(36(41)42)38-32-16-6-5-15-31(32)35(40)29-13-3-2-4-14-29/h2-7,10-11,13-16,18-21,24,33,38H,8-9,12,17,22-23,25H2,1H3,(H,37,39)(H,41,42)/t33-/m0/s1. The Morgan fingerprint density at radius 2 is 1.56 bits per heavy atom. The number of amides is 1. The number of carboxylic acids is 1. The molecule has 0 saturated carbocycles. The summed E-state index contributed by atoms with van der Waals surface area (Å²) in [7, 11) is 0. The van der Waals surface area contributed by atoms with Crippen molar-refractivity contribution in [2.75, 3.05) is 18.5 Å². The summed E-state index contributed by atoms with van der Waals surface area (Å²) in [6, 6.07) is 30.6. The predicted molar refractivity (Wildman–Crippen MR) is 169 cm³/mol. The number of rotatable bonds is 16. The van der Waals surface area contributed by atoms with Crippen LogP contribution in [0, 0.1) is 6.92 Å². The van der Waals surface area contributed by atoms with Gasteiger partial charge >= 0.3 is 5.97 Å². The first kappa shape index (κ1) is 31.0. The van der Waals surface area contributed by atoms with Crippen molar-refractivity contribution in [1.82, 2.24) is 5.32 Å². The summed E-state index contributed by atoms with van der Waals surface area (Å²) in [6.07, 6.45) is 3.10. The summed E-state index contributed by atoms with van der Waals surface area (Å²) in [4.78, 5) is 37.3. The second-order valence-electron chi connectivity index (χ2n) is 10.5. The number of hydrogen-bond acceptors (Lipinski definition) is 5. The fourth-order valence-corrected chi connectivity index (χ4v) is 4.80. The van der Waals surface area contributed by atoms with E-state index in [1.165, 1.54) is 11.1 Å². The van der Waals surface area contributed by atoms with Crippen molar-refractivity contribution in [2.24, 2.45) is 0 Å². The highest BCUT2D eigenvalue weighted by Gasteiger charge is 2.21. The molecule has 0 heterocycles. The van der Waals surface area contributed by atoms with Gasteiger partial charge in [0.05, 0.1) is 6.61 Å². The zero-order chi connectivity index (χ0) is 30.4. The van der Waals surface area contributed by atoms with Crippen LogP contribution in [0.25, 0.3) is 0 Å². The lowest BCUT2D eigenvalue weighted by molar-refractivity contribution is -0.137. The number of benzene rings is 4. The lowest BCUT2D eigenvalue weighted by Crippen LogP contribution is -2.32. The van der Waals surface area contributed by atoms with Crippen molar-refractivity contribution in [3.63, 3.8) is 0 Å². The second-order valence-corrected chi connectivity index (χ2v) is 10.5.